The summed E-state index contributed by atoms with van der Waals surface area (Å²) in [5, 5.41) is 18.7. The van der Waals surface area contributed by atoms with Gasteiger partial charge in [0.2, 0.25) is 0 Å². The Balaban J connectivity index is 2.24. The molecule has 17 heavy (non-hydrogen) atoms. The Hall–Kier alpha value is -0.460. The molecule has 1 aliphatic rings. The summed E-state index contributed by atoms with van der Waals surface area (Å²) in [7, 11) is 1.83. The number of halogens is 1. The SMILES string of the molecule is CCN1CCCC(O)(c2c(Br)nnn2C)CC1. The molecule has 0 aliphatic carbocycles. The van der Waals surface area contributed by atoms with E-state index in [2.05, 4.69) is 38.1 Å². The monoisotopic (exact) mass is 302 g/mol. The number of hydrogen-bond donors (Lipinski definition) is 1. The van der Waals surface area contributed by atoms with Crippen LogP contribution in [0.2, 0.25) is 0 Å². The zero-order valence-corrected chi connectivity index (χ0v) is 11.9. The predicted octanol–water partition coefficient (Wildman–Crippen LogP) is 1.27. The molecule has 2 rings (SSSR count). The molecule has 1 aliphatic heterocycles. The van der Waals surface area contributed by atoms with E-state index in [4.69, 9.17) is 0 Å². The number of aliphatic hydroxyl groups is 1. The fraction of sp³-hybridized carbons (Fsp3) is 0.818. The van der Waals surface area contributed by atoms with Crippen molar-refractivity contribution in [1.29, 1.82) is 0 Å². The van der Waals surface area contributed by atoms with E-state index in [0.29, 0.717) is 4.60 Å². The first-order valence-corrected chi connectivity index (χ1v) is 6.86. The molecule has 1 N–H and O–H groups in total. The minimum absolute atomic E-state index is 0.660. The Bertz CT molecular complexity index is 375. The van der Waals surface area contributed by atoms with Crippen LogP contribution in [-0.4, -0.2) is 44.6 Å². The Morgan fingerprint density at radius 1 is 1.41 bits per heavy atom. The van der Waals surface area contributed by atoms with Crippen LogP contribution < -0.4 is 0 Å². The van der Waals surface area contributed by atoms with Crippen molar-refractivity contribution in [3.05, 3.63) is 10.3 Å². The average molecular weight is 303 g/mol. The van der Waals surface area contributed by atoms with Gasteiger partial charge in [-0.3, -0.25) is 0 Å². The van der Waals surface area contributed by atoms with Gasteiger partial charge in [0, 0.05) is 13.6 Å². The summed E-state index contributed by atoms with van der Waals surface area (Å²) in [6.45, 7) is 5.18. The van der Waals surface area contributed by atoms with Crippen molar-refractivity contribution in [3.8, 4) is 0 Å². The van der Waals surface area contributed by atoms with E-state index in [9.17, 15) is 5.11 Å². The Morgan fingerprint density at radius 3 is 2.76 bits per heavy atom. The molecule has 6 heteroatoms. The van der Waals surface area contributed by atoms with Gasteiger partial charge in [0.25, 0.3) is 0 Å². The largest absolute Gasteiger partial charge is 0.383 e. The van der Waals surface area contributed by atoms with E-state index in [1.54, 1.807) is 4.68 Å². The predicted molar refractivity (Wildman–Crippen MR) is 68.6 cm³/mol. The Kier molecular flexibility index (Phi) is 3.85. The van der Waals surface area contributed by atoms with Crippen LogP contribution in [0, 0.1) is 0 Å². The lowest BCUT2D eigenvalue weighted by Crippen LogP contribution is -2.31. The second-order valence-electron chi connectivity index (χ2n) is 4.67. The molecule has 0 amide bonds. The van der Waals surface area contributed by atoms with Crippen molar-refractivity contribution in [2.45, 2.75) is 31.8 Å². The van der Waals surface area contributed by atoms with Crippen LogP contribution in [0.25, 0.3) is 0 Å². The highest BCUT2D eigenvalue weighted by molar-refractivity contribution is 9.10. The number of rotatable bonds is 2. The Labute approximate surface area is 110 Å². The van der Waals surface area contributed by atoms with Crippen LogP contribution in [0.15, 0.2) is 4.60 Å². The standard InChI is InChI=1S/C11H19BrN4O/c1-3-16-7-4-5-11(17,6-8-16)9-10(12)13-14-15(9)2/h17H,3-8H2,1-2H3. The topological polar surface area (TPSA) is 54.2 Å². The van der Waals surface area contributed by atoms with Crippen molar-refractivity contribution in [3.63, 3.8) is 0 Å². The van der Waals surface area contributed by atoms with Crippen molar-refractivity contribution >= 4 is 15.9 Å². The summed E-state index contributed by atoms with van der Waals surface area (Å²) in [6.07, 6.45) is 2.51. The van der Waals surface area contributed by atoms with E-state index in [-0.39, 0.29) is 0 Å². The lowest BCUT2D eigenvalue weighted by molar-refractivity contribution is 0.0128. The molecule has 1 atom stereocenters. The summed E-state index contributed by atoms with van der Waals surface area (Å²) in [5.41, 5.74) is -0.00321. The van der Waals surface area contributed by atoms with Gasteiger partial charge in [-0.15, -0.1) is 5.10 Å². The third kappa shape index (κ3) is 2.53. The van der Waals surface area contributed by atoms with Crippen LogP contribution in [0.3, 0.4) is 0 Å². The number of aryl methyl sites for hydroxylation is 1. The summed E-state index contributed by atoms with van der Waals surface area (Å²) in [6, 6.07) is 0. The number of aromatic nitrogens is 3. The van der Waals surface area contributed by atoms with Crippen LogP contribution in [0.1, 0.15) is 31.9 Å². The lowest BCUT2D eigenvalue weighted by atomic mass is 9.91. The number of hydrogen-bond acceptors (Lipinski definition) is 4. The molecule has 1 aromatic heterocycles. The highest BCUT2D eigenvalue weighted by Crippen LogP contribution is 2.35. The second-order valence-corrected chi connectivity index (χ2v) is 5.42. The summed E-state index contributed by atoms with van der Waals surface area (Å²) in [4.78, 5) is 2.37. The van der Waals surface area contributed by atoms with Gasteiger partial charge >= 0.3 is 0 Å². The minimum Gasteiger partial charge on any atom is -0.383 e. The molecule has 1 fully saturated rings. The average Bonchev–Trinajstić information content (AvgIpc) is 2.53. The van der Waals surface area contributed by atoms with Gasteiger partial charge in [0.05, 0.1) is 0 Å². The normalized spacial score (nSPS) is 27.1. The van der Waals surface area contributed by atoms with Gasteiger partial charge in [-0.2, -0.15) is 0 Å². The summed E-state index contributed by atoms with van der Waals surface area (Å²) < 4.78 is 2.33. The molecule has 1 saturated heterocycles. The summed E-state index contributed by atoms with van der Waals surface area (Å²) in [5.74, 6) is 0. The molecule has 0 bridgehead atoms. The Morgan fingerprint density at radius 2 is 2.18 bits per heavy atom. The third-order valence-corrected chi connectivity index (χ3v) is 4.11. The molecule has 1 unspecified atom stereocenters. The quantitative estimate of drug-likeness (QED) is 0.894. The maximum atomic E-state index is 10.8. The maximum Gasteiger partial charge on any atom is 0.154 e. The van der Waals surface area contributed by atoms with E-state index in [1.165, 1.54) is 0 Å². The van der Waals surface area contributed by atoms with Gasteiger partial charge in [-0.1, -0.05) is 12.1 Å². The minimum atomic E-state index is -0.805. The molecule has 5 nitrogen and oxygen atoms in total. The van der Waals surface area contributed by atoms with Gasteiger partial charge in [0.15, 0.2) is 4.60 Å². The first-order valence-electron chi connectivity index (χ1n) is 6.07. The lowest BCUT2D eigenvalue weighted by Gasteiger charge is -2.26. The van der Waals surface area contributed by atoms with Gasteiger partial charge in [0.1, 0.15) is 11.3 Å². The van der Waals surface area contributed by atoms with E-state index >= 15 is 0 Å². The van der Waals surface area contributed by atoms with Gasteiger partial charge in [-0.05, 0) is 48.3 Å². The highest BCUT2D eigenvalue weighted by atomic mass is 79.9. The molecule has 0 saturated carbocycles. The maximum absolute atomic E-state index is 10.8. The van der Waals surface area contributed by atoms with Crippen molar-refractivity contribution in [2.24, 2.45) is 7.05 Å². The fourth-order valence-corrected chi connectivity index (χ4v) is 3.25. The molecule has 0 radical (unpaired) electrons. The first kappa shape index (κ1) is 13.0. The van der Waals surface area contributed by atoms with Crippen LogP contribution in [0.4, 0.5) is 0 Å². The summed E-state index contributed by atoms with van der Waals surface area (Å²) >= 11 is 3.38. The van der Waals surface area contributed by atoms with E-state index in [1.807, 2.05) is 7.05 Å². The van der Waals surface area contributed by atoms with Crippen molar-refractivity contribution in [2.75, 3.05) is 19.6 Å². The molecule has 96 valence electrons. The molecule has 2 heterocycles. The van der Waals surface area contributed by atoms with Gasteiger partial charge in [-0.25, -0.2) is 4.68 Å². The van der Waals surface area contributed by atoms with Crippen molar-refractivity contribution < 1.29 is 5.11 Å². The first-order chi connectivity index (χ1) is 8.07. The third-order valence-electron chi connectivity index (χ3n) is 3.58. The zero-order valence-electron chi connectivity index (χ0n) is 10.4. The zero-order chi connectivity index (χ0) is 12.5. The molecular weight excluding hydrogens is 284 g/mol. The second kappa shape index (κ2) is 5.04. The van der Waals surface area contributed by atoms with Crippen LogP contribution in [0.5, 0.6) is 0 Å². The number of nitrogens with zero attached hydrogens (tertiary/aromatic N) is 4. The van der Waals surface area contributed by atoms with Crippen molar-refractivity contribution in [1.82, 2.24) is 19.9 Å². The molecule has 0 aromatic carbocycles. The van der Waals surface area contributed by atoms with Crippen LogP contribution >= 0.6 is 15.9 Å². The smallest absolute Gasteiger partial charge is 0.154 e. The van der Waals surface area contributed by atoms with Crippen LogP contribution in [-0.2, 0) is 12.6 Å². The fourth-order valence-electron chi connectivity index (χ4n) is 2.55. The molecule has 0 spiro atoms. The van der Waals surface area contributed by atoms with E-state index in [0.717, 1.165) is 44.6 Å². The van der Waals surface area contributed by atoms with E-state index < -0.39 is 5.60 Å². The molecule has 1 aromatic rings. The number of likely N-dealkylation sites (tertiary alicyclic amines) is 1. The molecular formula is C11H19BrN4O. The van der Waals surface area contributed by atoms with Gasteiger partial charge < -0.3 is 10.0 Å². The highest BCUT2D eigenvalue weighted by Gasteiger charge is 2.36.